The van der Waals surface area contributed by atoms with E-state index in [0.29, 0.717) is 26.8 Å². The van der Waals surface area contributed by atoms with Crippen LogP contribution < -0.4 is 5.32 Å². The average molecular weight is 274 g/mol. The van der Waals surface area contributed by atoms with Gasteiger partial charge in [-0.1, -0.05) is 29.8 Å². The minimum Gasteiger partial charge on any atom is -0.319 e. The number of aromatic nitrogens is 2. The van der Waals surface area contributed by atoms with Gasteiger partial charge in [-0.25, -0.2) is 0 Å². The molecule has 4 nitrogen and oxygen atoms in total. The van der Waals surface area contributed by atoms with Crippen molar-refractivity contribution in [1.29, 1.82) is 0 Å². The SMILES string of the molecule is C=CC(=O)Nc1c(Cl)cc(Cl)c2nsnc12. The Kier molecular flexibility index (Phi) is 3.09. The van der Waals surface area contributed by atoms with Crippen LogP contribution in [0.3, 0.4) is 0 Å². The Bertz CT molecular complexity index is 581. The number of fused-ring (bicyclic) bond motifs is 1. The third kappa shape index (κ3) is 1.89. The Balaban J connectivity index is 2.63. The van der Waals surface area contributed by atoms with Crippen molar-refractivity contribution in [2.45, 2.75) is 0 Å². The van der Waals surface area contributed by atoms with Gasteiger partial charge in [-0.05, 0) is 12.1 Å². The molecule has 1 heterocycles. The Hall–Kier alpha value is -1.17. The fourth-order valence-electron chi connectivity index (χ4n) is 1.17. The second-order valence-corrected chi connectivity index (χ2v) is 4.21. The molecule has 1 aromatic heterocycles. The number of anilines is 1. The number of nitrogens with one attached hydrogen (secondary N) is 1. The minimum atomic E-state index is -0.362. The van der Waals surface area contributed by atoms with Gasteiger partial charge in [0.2, 0.25) is 5.91 Å². The summed E-state index contributed by atoms with van der Waals surface area (Å²) in [5.41, 5.74) is 1.41. The van der Waals surface area contributed by atoms with Gasteiger partial charge in [0.15, 0.2) is 0 Å². The largest absolute Gasteiger partial charge is 0.319 e. The normalized spacial score (nSPS) is 10.4. The number of halogens is 2. The molecule has 2 rings (SSSR count). The van der Waals surface area contributed by atoms with Crippen molar-refractivity contribution >= 4 is 57.6 Å². The van der Waals surface area contributed by atoms with E-state index < -0.39 is 0 Å². The molecule has 0 radical (unpaired) electrons. The van der Waals surface area contributed by atoms with Crippen LogP contribution in [0.15, 0.2) is 18.7 Å². The van der Waals surface area contributed by atoms with Crippen molar-refractivity contribution in [3.63, 3.8) is 0 Å². The van der Waals surface area contributed by atoms with Gasteiger partial charge in [0, 0.05) is 0 Å². The molecule has 82 valence electrons. The van der Waals surface area contributed by atoms with Gasteiger partial charge in [-0.15, -0.1) is 0 Å². The Morgan fingerprint density at radius 1 is 1.38 bits per heavy atom. The van der Waals surface area contributed by atoms with Gasteiger partial charge in [-0.2, -0.15) is 8.75 Å². The van der Waals surface area contributed by atoms with E-state index in [2.05, 4.69) is 20.6 Å². The number of carbonyl (C=O) groups excluding carboxylic acids is 1. The summed E-state index contributed by atoms with van der Waals surface area (Å²) in [7, 11) is 0. The summed E-state index contributed by atoms with van der Waals surface area (Å²) in [6.45, 7) is 3.36. The quantitative estimate of drug-likeness (QED) is 0.856. The molecular weight excluding hydrogens is 269 g/mol. The molecule has 0 atom stereocenters. The molecule has 1 amide bonds. The van der Waals surface area contributed by atoms with E-state index in [1.165, 1.54) is 6.07 Å². The molecule has 0 aliphatic carbocycles. The van der Waals surface area contributed by atoms with Crippen LogP contribution in [0.4, 0.5) is 5.69 Å². The standard InChI is InChI=1S/C9H5Cl2N3OS/c1-2-6(15)12-7-4(10)3-5(11)8-9(7)14-16-13-8/h2-3H,1H2,(H,12,15). The maximum atomic E-state index is 11.2. The fraction of sp³-hybridized carbons (Fsp3) is 0. The molecule has 1 aromatic carbocycles. The summed E-state index contributed by atoms with van der Waals surface area (Å²) in [6, 6.07) is 1.52. The second kappa shape index (κ2) is 4.37. The fourth-order valence-corrected chi connectivity index (χ4v) is 2.33. The maximum absolute atomic E-state index is 11.2. The molecule has 0 saturated carbocycles. The molecule has 0 spiro atoms. The lowest BCUT2D eigenvalue weighted by atomic mass is 10.2. The number of carbonyl (C=O) groups is 1. The van der Waals surface area contributed by atoms with E-state index in [9.17, 15) is 4.79 Å². The topological polar surface area (TPSA) is 54.9 Å². The van der Waals surface area contributed by atoms with Crippen LogP contribution >= 0.6 is 34.9 Å². The highest BCUT2D eigenvalue weighted by Gasteiger charge is 2.14. The van der Waals surface area contributed by atoms with E-state index in [1.54, 1.807) is 0 Å². The number of amides is 1. The summed E-state index contributed by atoms with van der Waals surface area (Å²) in [4.78, 5) is 11.2. The summed E-state index contributed by atoms with van der Waals surface area (Å²) < 4.78 is 8.06. The Morgan fingerprint density at radius 2 is 2.06 bits per heavy atom. The van der Waals surface area contributed by atoms with E-state index in [0.717, 1.165) is 17.8 Å². The molecule has 0 saturated heterocycles. The Morgan fingerprint density at radius 3 is 2.75 bits per heavy atom. The zero-order valence-corrected chi connectivity index (χ0v) is 10.2. The maximum Gasteiger partial charge on any atom is 0.247 e. The zero-order chi connectivity index (χ0) is 11.7. The van der Waals surface area contributed by atoms with Crippen LogP contribution in [0.1, 0.15) is 0 Å². The predicted octanol–water partition coefficient (Wildman–Crippen LogP) is 3.12. The third-order valence-electron chi connectivity index (χ3n) is 1.88. The van der Waals surface area contributed by atoms with Crippen molar-refractivity contribution in [1.82, 2.24) is 8.75 Å². The van der Waals surface area contributed by atoms with Gasteiger partial charge in [0.25, 0.3) is 0 Å². The lowest BCUT2D eigenvalue weighted by Gasteiger charge is -2.05. The van der Waals surface area contributed by atoms with Crippen LogP contribution in [-0.2, 0) is 4.79 Å². The van der Waals surface area contributed by atoms with Crippen molar-refractivity contribution in [3.05, 3.63) is 28.8 Å². The monoisotopic (exact) mass is 273 g/mol. The number of hydrogen-bond acceptors (Lipinski definition) is 4. The molecule has 0 bridgehead atoms. The minimum absolute atomic E-state index is 0.320. The summed E-state index contributed by atoms with van der Waals surface area (Å²) in [6.07, 6.45) is 1.15. The smallest absolute Gasteiger partial charge is 0.247 e. The van der Waals surface area contributed by atoms with Gasteiger partial charge < -0.3 is 5.32 Å². The first-order chi connectivity index (χ1) is 7.63. The van der Waals surface area contributed by atoms with Crippen molar-refractivity contribution < 1.29 is 4.79 Å². The number of hydrogen-bond donors (Lipinski definition) is 1. The molecule has 1 N–H and O–H groups in total. The first-order valence-electron chi connectivity index (χ1n) is 4.17. The average Bonchev–Trinajstić information content (AvgIpc) is 2.73. The summed E-state index contributed by atoms with van der Waals surface area (Å²) in [5, 5.41) is 3.30. The van der Waals surface area contributed by atoms with Gasteiger partial charge >= 0.3 is 0 Å². The van der Waals surface area contributed by atoms with Gasteiger partial charge in [-0.3, -0.25) is 4.79 Å². The van der Waals surface area contributed by atoms with Crippen LogP contribution in [-0.4, -0.2) is 14.7 Å². The van der Waals surface area contributed by atoms with Crippen molar-refractivity contribution in [2.75, 3.05) is 5.32 Å². The summed E-state index contributed by atoms with van der Waals surface area (Å²) in [5.74, 6) is -0.362. The van der Waals surface area contributed by atoms with Gasteiger partial charge in [0.1, 0.15) is 11.0 Å². The van der Waals surface area contributed by atoms with E-state index in [1.807, 2.05) is 0 Å². The van der Waals surface area contributed by atoms with Gasteiger partial charge in [0.05, 0.1) is 27.5 Å². The van der Waals surface area contributed by atoms with Crippen molar-refractivity contribution in [3.8, 4) is 0 Å². The molecule has 0 unspecified atom stereocenters. The lowest BCUT2D eigenvalue weighted by molar-refractivity contribution is -0.111. The van der Waals surface area contributed by atoms with E-state index in [-0.39, 0.29) is 5.91 Å². The molecule has 0 fully saturated rings. The van der Waals surface area contributed by atoms with E-state index >= 15 is 0 Å². The van der Waals surface area contributed by atoms with Crippen LogP contribution in [0.2, 0.25) is 10.0 Å². The molecule has 2 aromatic rings. The van der Waals surface area contributed by atoms with Crippen molar-refractivity contribution in [2.24, 2.45) is 0 Å². The first-order valence-corrected chi connectivity index (χ1v) is 5.65. The van der Waals surface area contributed by atoms with Crippen LogP contribution in [0, 0.1) is 0 Å². The highest BCUT2D eigenvalue weighted by atomic mass is 35.5. The summed E-state index contributed by atoms with van der Waals surface area (Å²) >= 11 is 12.9. The van der Waals surface area contributed by atoms with Crippen LogP contribution in [0.5, 0.6) is 0 Å². The first kappa shape index (κ1) is 11.3. The molecule has 0 aliphatic rings. The Labute approximate surface area is 105 Å². The lowest BCUT2D eigenvalue weighted by Crippen LogP contribution is -2.08. The zero-order valence-electron chi connectivity index (χ0n) is 7.83. The molecular formula is C9H5Cl2N3OS. The second-order valence-electron chi connectivity index (χ2n) is 2.87. The molecule has 7 heteroatoms. The highest BCUT2D eigenvalue weighted by molar-refractivity contribution is 7.00. The highest BCUT2D eigenvalue weighted by Crippen LogP contribution is 2.35. The number of rotatable bonds is 2. The molecule has 0 aliphatic heterocycles. The third-order valence-corrected chi connectivity index (χ3v) is 2.99. The van der Waals surface area contributed by atoms with Crippen LogP contribution in [0.25, 0.3) is 11.0 Å². The van der Waals surface area contributed by atoms with E-state index in [4.69, 9.17) is 23.2 Å². The number of nitrogens with zero attached hydrogens (tertiary/aromatic N) is 2. The predicted molar refractivity (Wildman–Crippen MR) is 66.3 cm³/mol. The number of benzene rings is 1. The molecule has 16 heavy (non-hydrogen) atoms.